The second-order valence-electron chi connectivity index (χ2n) is 6.68. The number of fused-ring (bicyclic) bond motifs is 1. The summed E-state index contributed by atoms with van der Waals surface area (Å²) in [6, 6.07) is 6.85. The smallest absolute Gasteiger partial charge is 0.255 e. The molecule has 0 radical (unpaired) electrons. The number of carbonyl (C=O) groups excluding carboxylic acids is 3. The molecule has 2 aromatic rings. The van der Waals surface area contributed by atoms with Gasteiger partial charge in [0.05, 0.1) is 1.37 Å². The first-order chi connectivity index (χ1) is 13.8. The number of rotatable bonds is 4. The highest BCUT2D eigenvalue weighted by Gasteiger charge is 2.39. The summed E-state index contributed by atoms with van der Waals surface area (Å²) in [5.74, 6) is -2.28. The van der Waals surface area contributed by atoms with Gasteiger partial charge in [0.15, 0.2) is 0 Å². The first-order valence-corrected chi connectivity index (χ1v) is 8.79. The number of piperidine rings is 1. The van der Waals surface area contributed by atoms with Crippen LogP contribution in [0.2, 0.25) is 0 Å². The summed E-state index contributed by atoms with van der Waals surface area (Å²) >= 11 is 0. The number of nitrogens with one attached hydrogen (secondary N) is 2. The molecule has 0 aromatic heterocycles. The Morgan fingerprint density at radius 3 is 2.89 bits per heavy atom. The van der Waals surface area contributed by atoms with Gasteiger partial charge in [0.1, 0.15) is 17.6 Å². The molecular weight excluding hydrogens is 365 g/mol. The Labute approximate surface area is 161 Å². The molecule has 8 heteroatoms. The molecule has 3 N–H and O–H groups in total. The predicted molar refractivity (Wildman–Crippen MR) is 97.9 cm³/mol. The zero-order chi connectivity index (χ0) is 20.8. The van der Waals surface area contributed by atoms with Gasteiger partial charge in [-0.2, -0.15) is 0 Å². The van der Waals surface area contributed by atoms with Crippen LogP contribution in [-0.4, -0.2) is 33.7 Å². The molecule has 0 saturated carbocycles. The van der Waals surface area contributed by atoms with Crippen LogP contribution in [-0.2, 0) is 22.7 Å². The van der Waals surface area contributed by atoms with E-state index in [2.05, 4.69) is 10.6 Å². The number of benzene rings is 2. The number of anilines is 1. The van der Waals surface area contributed by atoms with E-state index in [1.165, 1.54) is 18.2 Å². The summed E-state index contributed by atoms with van der Waals surface area (Å²) in [5.41, 5.74) is 1.76. The molecule has 2 aliphatic rings. The van der Waals surface area contributed by atoms with Crippen molar-refractivity contribution in [2.24, 2.45) is 0 Å². The molecule has 4 rings (SSSR count). The van der Waals surface area contributed by atoms with Crippen LogP contribution in [0, 0.1) is 5.82 Å². The van der Waals surface area contributed by atoms with Crippen LogP contribution in [0.4, 0.5) is 10.1 Å². The van der Waals surface area contributed by atoms with Crippen LogP contribution in [0.5, 0.6) is 5.75 Å². The van der Waals surface area contributed by atoms with Gasteiger partial charge in [-0.1, -0.05) is 6.07 Å². The number of phenolic OH excluding ortho intramolecular Hbond substituents is 1. The summed E-state index contributed by atoms with van der Waals surface area (Å²) in [7, 11) is 0. The van der Waals surface area contributed by atoms with E-state index in [4.69, 9.17) is 1.37 Å². The lowest BCUT2D eigenvalue weighted by Gasteiger charge is -2.29. The Hall–Kier alpha value is -3.42. The quantitative estimate of drug-likeness (QED) is 0.700. The zero-order valence-corrected chi connectivity index (χ0v) is 14.8. The number of hydrogen-bond donors (Lipinski definition) is 3. The van der Waals surface area contributed by atoms with Crippen LogP contribution in [0.1, 0.15) is 35.7 Å². The lowest BCUT2D eigenvalue weighted by atomic mass is 10.0. The summed E-state index contributed by atoms with van der Waals surface area (Å²) < 4.78 is 22.4. The van der Waals surface area contributed by atoms with Crippen molar-refractivity contribution in [2.75, 3.05) is 5.32 Å². The van der Waals surface area contributed by atoms with Gasteiger partial charge in [-0.05, 0) is 36.8 Å². The van der Waals surface area contributed by atoms with Gasteiger partial charge in [-0.25, -0.2) is 4.39 Å². The maximum Gasteiger partial charge on any atom is 0.255 e. The van der Waals surface area contributed by atoms with Gasteiger partial charge in [0.25, 0.3) is 5.91 Å². The average Bonchev–Trinajstić information content (AvgIpc) is 3.04. The van der Waals surface area contributed by atoms with Gasteiger partial charge < -0.3 is 15.3 Å². The highest BCUT2D eigenvalue weighted by Crippen LogP contribution is 2.32. The minimum Gasteiger partial charge on any atom is -0.508 e. The first kappa shape index (κ1) is 16.7. The minimum atomic E-state index is -1.86. The molecule has 0 bridgehead atoms. The number of carbonyl (C=O) groups is 3. The topological polar surface area (TPSA) is 98.7 Å². The van der Waals surface area contributed by atoms with Crippen molar-refractivity contribution < 1.29 is 25.3 Å². The van der Waals surface area contributed by atoms with Crippen LogP contribution >= 0.6 is 0 Å². The standard InChI is InChI=1S/C20H18FN3O4/c21-15-5-4-12(25)8-11(15)9-22-16-3-1-2-13-14(16)10-24(20(13)28)17-6-7-18(26)23-19(17)27/h1-5,8,17,22,25H,6-7,9-10H2,(H,23,26,27)/i17D. The Balaban J connectivity index is 1.59. The normalized spacial score (nSPS) is 22.0. The molecule has 144 valence electrons. The molecule has 2 aliphatic heterocycles. The van der Waals surface area contributed by atoms with Gasteiger partial charge in [0.2, 0.25) is 11.8 Å². The van der Waals surface area contributed by atoms with E-state index in [0.717, 1.165) is 4.90 Å². The Kier molecular flexibility index (Phi) is 4.16. The van der Waals surface area contributed by atoms with Gasteiger partial charge in [0, 0.05) is 41.9 Å². The monoisotopic (exact) mass is 384 g/mol. The summed E-state index contributed by atoms with van der Waals surface area (Å²) in [6.45, 7) is 0.0941. The van der Waals surface area contributed by atoms with Gasteiger partial charge in [-0.3, -0.25) is 19.7 Å². The van der Waals surface area contributed by atoms with Gasteiger partial charge >= 0.3 is 0 Å². The van der Waals surface area contributed by atoms with Crippen molar-refractivity contribution in [3.63, 3.8) is 0 Å². The third-order valence-corrected chi connectivity index (χ3v) is 4.90. The fourth-order valence-electron chi connectivity index (χ4n) is 3.47. The van der Waals surface area contributed by atoms with Crippen molar-refractivity contribution >= 4 is 23.4 Å². The highest BCUT2D eigenvalue weighted by atomic mass is 19.1. The largest absolute Gasteiger partial charge is 0.508 e. The van der Waals surface area contributed by atoms with Crippen LogP contribution in [0.3, 0.4) is 0 Å². The molecule has 1 fully saturated rings. The third kappa shape index (κ3) is 3.17. The Bertz CT molecular complexity index is 1040. The predicted octanol–water partition coefficient (Wildman–Crippen LogP) is 1.90. The molecule has 0 spiro atoms. The number of nitrogens with zero attached hydrogens (tertiary/aromatic N) is 1. The second kappa shape index (κ2) is 6.95. The van der Waals surface area contributed by atoms with Crippen LogP contribution < -0.4 is 10.6 Å². The fraction of sp³-hybridized carbons (Fsp3) is 0.250. The second-order valence-corrected chi connectivity index (χ2v) is 6.68. The molecule has 0 aliphatic carbocycles. The molecule has 7 nitrogen and oxygen atoms in total. The SMILES string of the molecule is [2H]C1(N2Cc3c(NCc4cc(O)ccc4F)cccc3C2=O)CCC(=O)NC1=O. The van der Waals surface area contributed by atoms with E-state index in [9.17, 15) is 23.9 Å². The number of phenols is 1. The molecule has 2 aromatic carbocycles. The third-order valence-electron chi connectivity index (χ3n) is 4.90. The number of aromatic hydroxyl groups is 1. The Morgan fingerprint density at radius 2 is 2.11 bits per heavy atom. The molecule has 1 atom stereocenters. The maximum atomic E-state index is 13.9. The van der Waals surface area contributed by atoms with Crippen molar-refractivity contribution in [1.29, 1.82) is 0 Å². The van der Waals surface area contributed by atoms with E-state index in [0.29, 0.717) is 16.8 Å². The van der Waals surface area contributed by atoms with Crippen LogP contribution in [0.25, 0.3) is 0 Å². The van der Waals surface area contributed by atoms with E-state index in [-0.39, 0.29) is 37.2 Å². The average molecular weight is 384 g/mol. The summed E-state index contributed by atoms with van der Waals surface area (Å²) in [4.78, 5) is 37.7. The molecule has 3 amide bonds. The van der Waals surface area contributed by atoms with Gasteiger partial charge in [-0.15, -0.1) is 0 Å². The first-order valence-electron chi connectivity index (χ1n) is 9.29. The lowest BCUT2D eigenvalue weighted by Crippen LogP contribution is -2.52. The van der Waals surface area contributed by atoms with Crippen LogP contribution in [0.15, 0.2) is 36.4 Å². The van der Waals surface area contributed by atoms with E-state index < -0.39 is 29.6 Å². The van der Waals surface area contributed by atoms with Crippen molar-refractivity contribution in [2.45, 2.75) is 31.9 Å². The number of imide groups is 1. The van der Waals surface area contributed by atoms with Crippen molar-refractivity contribution in [3.05, 3.63) is 58.9 Å². The molecular formula is C20H18FN3O4. The summed E-state index contributed by atoms with van der Waals surface area (Å²) in [5, 5.41) is 14.7. The minimum absolute atomic E-state index is 0.0166. The number of halogens is 1. The van der Waals surface area contributed by atoms with E-state index >= 15 is 0 Å². The molecule has 1 unspecified atom stereocenters. The molecule has 2 heterocycles. The van der Waals surface area contributed by atoms with Crippen molar-refractivity contribution in [1.82, 2.24) is 10.2 Å². The highest BCUT2D eigenvalue weighted by molar-refractivity contribution is 6.06. The lowest BCUT2D eigenvalue weighted by molar-refractivity contribution is -0.136. The molecule has 1 saturated heterocycles. The zero-order valence-electron chi connectivity index (χ0n) is 15.8. The fourth-order valence-corrected chi connectivity index (χ4v) is 3.47. The van der Waals surface area contributed by atoms with Crippen molar-refractivity contribution in [3.8, 4) is 5.75 Å². The number of hydrogen-bond acceptors (Lipinski definition) is 5. The summed E-state index contributed by atoms with van der Waals surface area (Å²) in [6.07, 6.45) is -0.0914. The Morgan fingerprint density at radius 1 is 1.29 bits per heavy atom. The van der Waals surface area contributed by atoms with E-state index in [1.807, 2.05) is 0 Å². The number of amides is 3. The maximum absolute atomic E-state index is 13.9. The molecule has 28 heavy (non-hydrogen) atoms. The van der Waals surface area contributed by atoms with E-state index in [1.54, 1.807) is 18.2 Å².